The van der Waals surface area contributed by atoms with Crippen LogP contribution in [0.3, 0.4) is 0 Å². The summed E-state index contributed by atoms with van der Waals surface area (Å²) < 4.78 is 0. The van der Waals surface area contributed by atoms with Crippen molar-refractivity contribution in [3.63, 3.8) is 0 Å². The molecule has 0 saturated carbocycles. The summed E-state index contributed by atoms with van der Waals surface area (Å²) in [4.78, 5) is 8.00. The minimum atomic E-state index is -0.611. The molecule has 0 bridgehead atoms. The smallest absolute Gasteiger partial charge is 0.0999 e. The number of pyridine rings is 2. The Morgan fingerprint density at radius 1 is 1.19 bits per heavy atom. The third-order valence-electron chi connectivity index (χ3n) is 2.27. The summed E-state index contributed by atoms with van der Waals surface area (Å²) in [6.07, 6.45) is 4.86. The van der Waals surface area contributed by atoms with Gasteiger partial charge in [0.25, 0.3) is 0 Å². The summed E-state index contributed by atoms with van der Waals surface area (Å²) in [6, 6.07) is 7.20. The van der Waals surface area contributed by atoms with Gasteiger partial charge in [0, 0.05) is 25.0 Å². The Morgan fingerprint density at radius 2 is 1.94 bits per heavy atom. The second-order valence-electron chi connectivity index (χ2n) is 3.48. The van der Waals surface area contributed by atoms with Gasteiger partial charge in [0.15, 0.2) is 0 Å². The van der Waals surface area contributed by atoms with Crippen LogP contribution in [0.25, 0.3) is 0 Å². The highest BCUT2D eigenvalue weighted by molar-refractivity contribution is 6.30. The molecule has 0 saturated heterocycles. The van der Waals surface area contributed by atoms with Gasteiger partial charge in [0.1, 0.15) is 0 Å². The molecular formula is C12H11ClN2O. The number of hydrogen-bond acceptors (Lipinski definition) is 3. The molecule has 1 atom stereocenters. The van der Waals surface area contributed by atoms with E-state index in [0.717, 1.165) is 5.56 Å². The number of aliphatic hydroxyl groups is 1. The van der Waals surface area contributed by atoms with E-state index in [2.05, 4.69) is 9.97 Å². The van der Waals surface area contributed by atoms with E-state index in [0.29, 0.717) is 17.1 Å². The van der Waals surface area contributed by atoms with Crippen LogP contribution in [0.4, 0.5) is 0 Å². The van der Waals surface area contributed by atoms with Gasteiger partial charge in [-0.05, 0) is 29.8 Å². The topological polar surface area (TPSA) is 46.0 Å². The largest absolute Gasteiger partial charge is 0.386 e. The van der Waals surface area contributed by atoms with E-state index >= 15 is 0 Å². The molecule has 1 unspecified atom stereocenters. The third-order valence-corrected chi connectivity index (χ3v) is 2.49. The zero-order chi connectivity index (χ0) is 11.4. The highest BCUT2D eigenvalue weighted by atomic mass is 35.5. The molecule has 2 heterocycles. The van der Waals surface area contributed by atoms with Gasteiger partial charge in [0.05, 0.1) is 16.8 Å². The summed E-state index contributed by atoms with van der Waals surface area (Å²) in [6.45, 7) is 0. The summed E-state index contributed by atoms with van der Waals surface area (Å²) in [7, 11) is 0. The first-order chi connectivity index (χ1) is 7.75. The number of halogens is 1. The molecule has 1 N–H and O–H groups in total. The van der Waals surface area contributed by atoms with Crippen molar-refractivity contribution in [2.45, 2.75) is 12.5 Å². The van der Waals surface area contributed by atoms with Gasteiger partial charge in [-0.15, -0.1) is 0 Å². The summed E-state index contributed by atoms with van der Waals surface area (Å²) in [5, 5.41) is 10.5. The zero-order valence-corrected chi connectivity index (χ0v) is 9.30. The lowest BCUT2D eigenvalue weighted by molar-refractivity contribution is 0.173. The average Bonchev–Trinajstić information content (AvgIpc) is 2.31. The summed E-state index contributed by atoms with van der Waals surface area (Å²) in [5.41, 5.74) is 1.65. The molecule has 0 aliphatic carbocycles. The maximum absolute atomic E-state index is 9.94. The predicted octanol–water partition coefficient (Wildman–Crippen LogP) is 2.41. The van der Waals surface area contributed by atoms with E-state index in [1.54, 1.807) is 24.5 Å². The van der Waals surface area contributed by atoms with Gasteiger partial charge in [-0.2, -0.15) is 0 Å². The standard InChI is InChI=1S/C12H11ClN2O/c13-10-1-2-11(15-8-10)12(16)7-9-3-5-14-6-4-9/h1-6,8,12,16H,7H2. The molecule has 0 aliphatic rings. The summed E-state index contributed by atoms with van der Waals surface area (Å²) >= 11 is 5.72. The molecule has 2 aromatic rings. The maximum atomic E-state index is 9.94. The number of hydrogen-bond donors (Lipinski definition) is 1. The number of rotatable bonds is 3. The fraction of sp³-hybridized carbons (Fsp3) is 0.167. The Morgan fingerprint density at radius 3 is 2.56 bits per heavy atom. The number of aliphatic hydroxyl groups excluding tert-OH is 1. The molecule has 3 nitrogen and oxygen atoms in total. The van der Waals surface area contributed by atoms with Gasteiger partial charge in [0.2, 0.25) is 0 Å². The van der Waals surface area contributed by atoms with Crippen molar-refractivity contribution >= 4 is 11.6 Å². The molecule has 0 aliphatic heterocycles. The van der Waals surface area contributed by atoms with Crippen molar-refractivity contribution < 1.29 is 5.11 Å². The summed E-state index contributed by atoms with van der Waals surface area (Å²) in [5.74, 6) is 0. The van der Waals surface area contributed by atoms with Crippen molar-refractivity contribution in [2.24, 2.45) is 0 Å². The third kappa shape index (κ3) is 2.78. The fourth-order valence-electron chi connectivity index (χ4n) is 1.43. The van der Waals surface area contributed by atoms with Crippen molar-refractivity contribution in [3.05, 3.63) is 59.1 Å². The lowest BCUT2D eigenvalue weighted by atomic mass is 10.1. The minimum absolute atomic E-state index is 0.525. The van der Waals surface area contributed by atoms with E-state index in [4.69, 9.17) is 11.6 Å². The first kappa shape index (κ1) is 11.0. The van der Waals surface area contributed by atoms with Crippen molar-refractivity contribution in [2.75, 3.05) is 0 Å². The molecule has 16 heavy (non-hydrogen) atoms. The van der Waals surface area contributed by atoms with E-state index in [1.165, 1.54) is 6.20 Å². The van der Waals surface area contributed by atoms with Gasteiger partial charge in [-0.3, -0.25) is 9.97 Å². The van der Waals surface area contributed by atoms with E-state index in [9.17, 15) is 5.11 Å². The molecule has 0 spiro atoms. The van der Waals surface area contributed by atoms with E-state index in [1.807, 2.05) is 12.1 Å². The quantitative estimate of drug-likeness (QED) is 0.887. The lowest BCUT2D eigenvalue weighted by Crippen LogP contribution is -2.03. The van der Waals surface area contributed by atoms with Crippen molar-refractivity contribution in [3.8, 4) is 0 Å². The molecule has 4 heteroatoms. The maximum Gasteiger partial charge on any atom is 0.0999 e. The molecule has 82 valence electrons. The van der Waals surface area contributed by atoms with Crippen LogP contribution in [0, 0.1) is 0 Å². The molecule has 2 rings (SSSR count). The van der Waals surface area contributed by atoms with Crippen LogP contribution in [-0.4, -0.2) is 15.1 Å². The van der Waals surface area contributed by atoms with Crippen LogP contribution in [0.1, 0.15) is 17.4 Å². The second kappa shape index (κ2) is 5.05. The van der Waals surface area contributed by atoms with Gasteiger partial charge in [-0.1, -0.05) is 11.6 Å². The number of aromatic nitrogens is 2. The lowest BCUT2D eigenvalue weighted by Gasteiger charge is -2.09. The number of nitrogens with zero attached hydrogens (tertiary/aromatic N) is 2. The van der Waals surface area contributed by atoms with E-state index in [-0.39, 0.29) is 0 Å². The van der Waals surface area contributed by atoms with Crippen LogP contribution < -0.4 is 0 Å². The zero-order valence-electron chi connectivity index (χ0n) is 8.55. The Hall–Kier alpha value is -1.45. The average molecular weight is 235 g/mol. The van der Waals surface area contributed by atoms with Crippen molar-refractivity contribution in [1.29, 1.82) is 0 Å². The van der Waals surface area contributed by atoms with Crippen molar-refractivity contribution in [1.82, 2.24) is 9.97 Å². The highest BCUT2D eigenvalue weighted by Crippen LogP contribution is 2.17. The van der Waals surface area contributed by atoms with E-state index < -0.39 is 6.10 Å². The van der Waals surface area contributed by atoms with Crippen LogP contribution in [0.2, 0.25) is 5.02 Å². The monoisotopic (exact) mass is 234 g/mol. The predicted molar refractivity (Wildman–Crippen MR) is 62.1 cm³/mol. The van der Waals surface area contributed by atoms with Crippen LogP contribution in [0.5, 0.6) is 0 Å². The molecule has 0 radical (unpaired) electrons. The second-order valence-corrected chi connectivity index (χ2v) is 3.91. The highest BCUT2D eigenvalue weighted by Gasteiger charge is 2.09. The van der Waals surface area contributed by atoms with Gasteiger partial charge >= 0.3 is 0 Å². The van der Waals surface area contributed by atoms with Gasteiger partial charge in [-0.25, -0.2) is 0 Å². The normalized spacial score (nSPS) is 12.4. The van der Waals surface area contributed by atoms with Crippen LogP contribution >= 0.6 is 11.6 Å². The minimum Gasteiger partial charge on any atom is -0.386 e. The SMILES string of the molecule is OC(Cc1ccncc1)c1ccc(Cl)cn1. The Bertz CT molecular complexity index is 444. The first-order valence-electron chi connectivity index (χ1n) is 4.94. The molecule has 0 fully saturated rings. The first-order valence-corrected chi connectivity index (χ1v) is 5.32. The molecule has 0 amide bonds. The van der Waals surface area contributed by atoms with Crippen LogP contribution in [-0.2, 0) is 6.42 Å². The molecule has 0 aromatic carbocycles. The Kier molecular flexibility index (Phi) is 3.49. The van der Waals surface area contributed by atoms with Crippen LogP contribution in [0.15, 0.2) is 42.9 Å². The van der Waals surface area contributed by atoms with Gasteiger partial charge < -0.3 is 5.11 Å². The Balaban J connectivity index is 2.09. The fourth-order valence-corrected chi connectivity index (χ4v) is 1.54. The molecular weight excluding hydrogens is 224 g/mol. The Labute approximate surface area is 98.8 Å². The molecule has 2 aromatic heterocycles.